The van der Waals surface area contributed by atoms with Crippen LogP contribution in [0.15, 0.2) is 18.2 Å². The summed E-state index contributed by atoms with van der Waals surface area (Å²) in [5.41, 5.74) is 1.25. The molecule has 0 spiro atoms. The number of benzene rings is 1. The number of carbonyl (C=O) groups is 1. The first-order chi connectivity index (χ1) is 8.08. The summed E-state index contributed by atoms with van der Waals surface area (Å²) in [7, 11) is 0. The molecule has 1 saturated heterocycles. The van der Waals surface area contributed by atoms with E-state index in [0.717, 1.165) is 18.4 Å². The molecule has 2 N–H and O–H groups in total. The minimum atomic E-state index is -0.445. The topological polar surface area (TPSA) is 60.8 Å². The van der Waals surface area contributed by atoms with Crippen LogP contribution in [-0.2, 0) is 0 Å². The van der Waals surface area contributed by atoms with Crippen LogP contribution < -0.4 is 0 Å². The number of aliphatic hydroxyl groups is 1. The van der Waals surface area contributed by atoms with Crippen LogP contribution >= 0.6 is 0 Å². The lowest BCUT2D eigenvalue weighted by Crippen LogP contribution is -2.42. The number of likely N-dealkylation sites (tertiary alicyclic amines) is 1. The largest absolute Gasteiger partial charge is 0.507 e. The SMILES string of the molecule is Cc1ccc(O)c(C(=O)N2CCCC(O)C2)c1. The standard InChI is InChI=1S/C13H17NO3/c1-9-4-5-12(16)11(7-9)13(17)14-6-2-3-10(15)8-14/h4-5,7,10,15-16H,2-3,6,8H2,1H3. The number of hydrogen-bond acceptors (Lipinski definition) is 3. The van der Waals surface area contributed by atoms with E-state index in [1.807, 2.05) is 6.92 Å². The quantitative estimate of drug-likeness (QED) is 0.771. The van der Waals surface area contributed by atoms with Crippen LogP contribution in [0.2, 0.25) is 0 Å². The highest BCUT2D eigenvalue weighted by atomic mass is 16.3. The number of rotatable bonds is 1. The number of hydrogen-bond donors (Lipinski definition) is 2. The first-order valence-electron chi connectivity index (χ1n) is 5.85. The van der Waals surface area contributed by atoms with Crippen molar-refractivity contribution in [3.63, 3.8) is 0 Å². The molecule has 17 heavy (non-hydrogen) atoms. The van der Waals surface area contributed by atoms with Gasteiger partial charge in [-0.2, -0.15) is 0 Å². The summed E-state index contributed by atoms with van der Waals surface area (Å²) < 4.78 is 0. The van der Waals surface area contributed by atoms with E-state index in [1.165, 1.54) is 6.07 Å². The summed E-state index contributed by atoms with van der Waals surface area (Å²) >= 11 is 0. The number of phenolic OH excluding ortho intramolecular Hbond substituents is 1. The Morgan fingerprint density at radius 1 is 1.47 bits per heavy atom. The van der Waals surface area contributed by atoms with Gasteiger partial charge >= 0.3 is 0 Å². The predicted octanol–water partition coefficient (Wildman–Crippen LogP) is 1.30. The molecule has 0 saturated carbocycles. The molecule has 1 unspecified atom stereocenters. The Morgan fingerprint density at radius 2 is 2.24 bits per heavy atom. The molecule has 1 aromatic rings. The summed E-state index contributed by atoms with van der Waals surface area (Å²) in [5, 5.41) is 19.2. The van der Waals surface area contributed by atoms with E-state index in [9.17, 15) is 15.0 Å². The van der Waals surface area contributed by atoms with Crippen LogP contribution in [0, 0.1) is 6.92 Å². The van der Waals surface area contributed by atoms with E-state index in [0.29, 0.717) is 18.7 Å². The molecule has 4 heteroatoms. The molecule has 1 aliphatic rings. The molecule has 1 heterocycles. The third-order valence-electron chi connectivity index (χ3n) is 3.07. The highest BCUT2D eigenvalue weighted by Gasteiger charge is 2.24. The number of aromatic hydroxyl groups is 1. The molecule has 1 aromatic carbocycles. The molecule has 1 fully saturated rings. The zero-order valence-corrected chi connectivity index (χ0v) is 9.89. The minimum absolute atomic E-state index is 0.000614. The van der Waals surface area contributed by atoms with Crippen LogP contribution in [0.3, 0.4) is 0 Å². The number of phenols is 1. The molecule has 0 aromatic heterocycles. The highest BCUT2D eigenvalue weighted by molar-refractivity contribution is 5.97. The Labute approximate surface area is 100 Å². The normalized spacial score (nSPS) is 20.4. The molecule has 0 bridgehead atoms. The van der Waals surface area contributed by atoms with Gasteiger partial charge < -0.3 is 15.1 Å². The molecule has 1 amide bonds. The van der Waals surface area contributed by atoms with Gasteiger partial charge in [-0.3, -0.25) is 4.79 Å². The first kappa shape index (κ1) is 11.9. The molecular formula is C13H17NO3. The van der Waals surface area contributed by atoms with Crippen LogP contribution in [0.25, 0.3) is 0 Å². The fraction of sp³-hybridized carbons (Fsp3) is 0.462. The second-order valence-corrected chi connectivity index (χ2v) is 4.57. The van der Waals surface area contributed by atoms with Crippen molar-refractivity contribution in [2.45, 2.75) is 25.9 Å². The van der Waals surface area contributed by atoms with E-state index < -0.39 is 6.10 Å². The molecule has 2 rings (SSSR count). The monoisotopic (exact) mass is 235 g/mol. The Kier molecular flexibility index (Phi) is 3.33. The Morgan fingerprint density at radius 3 is 2.94 bits per heavy atom. The van der Waals surface area contributed by atoms with Gasteiger partial charge in [-0.1, -0.05) is 11.6 Å². The second kappa shape index (κ2) is 4.75. The number of piperidine rings is 1. The van der Waals surface area contributed by atoms with E-state index >= 15 is 0 Å². The lowest BCUT2D eigenvalue weighted by molar-refractivity contribution is 0.0471. The molecule has 92 valence electrons. The lowest BCUT2D eigenvalue weighted by Gasteiger charge is -2.30. The Hall–Kier alpha value is -1.55. The van der Waals surface area contributed by atoms with Crippen LogP contribution in [0.5, 0.6) is 5.75 Å². The van der Waals surface area contributed by atoms with Gasteiger partial charge in [-0.25, -0.2) is 0 Å². The van der Waals surface area contributed by atoms with Crippen LogP contribution in [-0.4, -0.2) is 40.2 Å². The number of aliphatic hydroxyl groups excluding tert-OH is 1. The molecular weight excluding hydrogens is 218 g/mol. The minimum Gasteiger partial charge on any atom is -0.507 e. The number of β-amino-alcohol motifs (C(OH)–C–C–N with tert-alkyl or cyclic N) is 1. The number of carbonyl (C=O) groups excluding carboxylic acids is 1. The van der Waals surface area contributed by atoms with Crippen molar-refractivity contribution in [2.75, 3.05) is 13.1 Å². The van der Waals surface area contributed by atoms with Crippen molar-refractivity contribution in [3.8, 4) is 5.75 Å². The van der Waals surface area contributed by atoms with Gasteiger partial charge in [0.05, 0.1) is 11.7 Å². The zero-order chi connectivity index (χ0) is 12.4. The van der Waals surface area contributed by atoms with E-state index in [-0.39, 0.29) is 11.7 Å². The fourth-order valence-corrected chi connectivity index (χ4v) is 2.13. The van der Waals surface area contributed by atoms with Crippen LogP contribution in [0.1, 0.15) is 28.8 Å². The van der Waals surface area contributed by atoms with E-state index in [2.05, 4.69) is 0 Å². The maximum absolute atomic E-state index is 12.2. The Bertz CT molecular complexity index is 431. The smallest absolute Gasteiger partial charge is 0.257 e. The van der Waals surface area contributed by atoms with Crippen molar-refractivity contribution in [2.24, 2.45) is 0 Å². The number of nitrogens with zero attached hydrogens (tertiary/aromatic N) is 1. The van der Waals surface area contributed by atoms with Crippen molar-refractivity contribution < 1.29 is 15.0 Å². The third kappa shape index (κ3) is 2.58. The van der Waals surface area contributed by atoms with Gasteiger partial charge in [0.15, 0.2) is 0 Å². The van der Waals surface area contributed by atoms with Gasteiger partial charge in [0.25, 0.3) is 5.91 Å². The predicted molar refractivity (Wildman–Crippen MR) is 64.0 cm³/mol. The summed E-state index contributed by atoms with van der Waals surface area (Å²) in [4.78, 5) is 13.8. The first-order valence-corrected chi connectivity index (χ1v) is 5.85. The van der Waals surface area contributed by atoms with Crippen molar-refractivity contribution >= 4 is 5.91 Å². The van der Waals surface area contributed by atoms with Gasteiger partial charge in [-0.15, -0.1) is 0 Å². The average Bonchev–Trinajstić information content (AvgIpc) is 2.31. The number of amides is 1. The van der Waals surface area contributed by atoms with E-state index in [1.54, 1.807) is 17.0 Å². The highest BCUT2D eigenvalue weighted by Crippen LogP contribution is 2.22. The second-order valence-electron chi connectivity index (χ2n) is 4.57. The Balaban J connectivity index is 2.21. The van der Waals surface area contributed by atoms with Crippen LogP contribution in [0.4, 0.5) is 0 Å². The third-order valence-corrected chi connectivity index (χ3v) is 3.07. The van der Waals surface area contributed by atoms with Crippen molar-refractivity contribution in [3.05, 3.63) is 29.3 Å². The van der Waals surface area contributed by atoms with Gasteiger partial charge in [-0.05, 0) is 31.9 Å². The summed E-state index contributed by atoms with van der Waals surface area (Å²) in [5.74, 6) is -0.203. The molecule has 0 aliphatic carbocycles. The fourth-order valence-electron chi connectivity index (χ4n) is 2.13. The molecule has 1 aliphatic heterocycles. The van der Waals surface area contributed by atoms with Gasteiger partial charge in [0.1, 0.15) is 5.75 Å². The maximum atomic E-state index is 12.2. The van der Waals surface area contributed by atoms with Crippen molar-refractivity contribution in [1.29, 1.82) is 0 Å². The molecule has 1 atom stereocenters. The molecule has 4 nitrogen and oxygen atoms in total. The number of aryl methyl sites for hydroxylation is 1. The summed E-state index contributed by atoms with van der Waals surface area (Å²) in [6.45, 7) is 2.87. The molecule has 0 radical (unpaired) electrons. The maximum Gasteiger partial charge on any atom is 0.257 e. The van der Waals surface area contributed by atoms with Gasteiger partial charge in [0, 0.05) is 13.1 Å². The van der Waals surface area contributed by atoms with Crippen molar-refractivity contribution in [1.82, 2.24) is 4.90 Å². The van der Waals surface area contributed by atoms with Gasteiger partial charge in [0.2, 0.25) is 0 Å². The summed E-state index contributed by atoms with van der Waals surface area (Å²) in [6.07, 6.45) is 1.10. The average molecular weight is 235 g/mol. The summed E-state index contributed by atoms with van der Waals surface area (Å²) in [6, 6.07) is 4.97. The lowest BCUT2D eigenvalue weighted by atomic mass is 10.1. The zero-order valence-electron chi connectivity index (χ0n) is 9.89. The van der Waals surface area contributed by atoms with E-state index in [4.69, 9.17) is 0 Å².